The summed E-state index contributed by atoms with van der Waals surface area (Å²) in [5.74, 6) is -1.32. The van der Waals surface area contributed by atoms with Gasteiger partial charge < -0.3 is 10.4 Å². The number of nitrogens with zero attached hydrogens (tertiary/aromatic N) is 4. The quantitative estimate of drug-likeness (QED) is 0.207. The van der Waals surface area contributed by atoms with E-state index >= 15 is 0 Å². The number of aryl methyl sites for hydroxylation is 4. The van der Waals surface area contributed by atoms with E-state index in [1.807, 2.05) is 44.2 Å². The van der Waals surface area contributed by atoms with E-state index in [-0.39, 0.29) is 18.1 Å². The standard InChI is InChI=1S/C20H21N3O.C13H11F3N2O2/c1-14-4-8-17(9-5-14)13-23-19(12-16(3)22-23)20(24)21-18-10-6-15(2)7-11-18;1-8-5-11(12(19)20)18(17-8)7-9-3-2-4-10(6-9)13(14,15)16/h4-12H,13H2,1-3H3,(H,21,24);2-6H,7H2,1H3,(H,19,20). The first-order valence-corrected chi connectivity index (χ1v) is 13.7. The van der Waals surface area contributed by atoms with Gasteiger partial charge in [-0.1, -0.05) is 59.7 Å². The molecule has 2 aromatic heterocycles. The number of carbonyl (C=O) groups excluding carboxylic acids is 1. The van der Waals surface area contributed by atoms with Crippen molar-refractivity contribution in [3.05, 3.63) is 136 Å². The van der Waals surface area contributed by atoms with E-state index in [2.05, 4.69) is 46.7 Å². The van der Waals surface area contributed by atoms with Gasteiger partial charge in [-0.15, -0.1) is 0 Å². The van der Waals surface area contributed by atoms with Crippen molar-refractivity contribution in [2.45, 2.75) is 47.0 Å². The zero-order valence-corrected chi connectivity index (χ0v) is 24.7. The van der Waals surface area contributed by atoms with Gasteiger partial charge in [0.1, 0.15) is 11.4 Å². The van der Waals surface area contributed by atoms with Crippen LogP contribution < -0.4 is 5.32 Å². The predicted octanol–water partition coefficient (Wildman–Crippen LogP) is 7.07. The molecule has 5 aromatic rings. The van der Waals surface area contributed by atoms with E-state index in [0.29, 0.717) is 23.5 Å². The van der Waals surface area contributed by atoms with Crippen molar-refractivity contribution in [2.24, 2.45) is 0 Å². The maximum absolute atomic E-state index is 12.6. The van der Waals surface area contributed by atoms with Gasteiger partial charge in [0.25, 0.3) is 5.91 Å². The minimum absolute atomic E-state index is 0.0284. The monoisotopic (exact) mass is 603 g/mol. The third-order valence-corrected chi connectivity index (χ3v) is 6.61. The highest BCUT2D eigenvalue weighted by atomic mass is 19.4. The molecule has 0 radical (unpaired) electrons. The number of alkyl halides is 3. The van der Waals surface area contributed by atoms with Crippen LogP contribution in [0.25, 0.3) is 0 Å². The van der Waals surface area contributed by atoms with Gasteiger partial charge in [-0.25, -0.2) is 4.79 Å². The van der Waals surface area contributed by atoms with Crippen LogP contribution in [0.5, 0.6) is 0 Å². The van der Waals surface area contributed by atoms with Gasteiger partial charge in [-0.3, -0.25) is 14.2 Å². The fourth-order valence-corrected chi connectivity index (χ4v) is 4.40. The third-order valence-electron chi connectivity index (χ3n) is 6.61. The second-order valence-electron chi connectivity index (χ2n) is 10.5. The van der Waals surface area contributed by atoms with Gasteiger partial charge in [-0.2, -0.15) is 23.4 Å². The molecule has 0 aliphatic heterocycles. The number of hydrogen-bond donors (Lipinski definition) is 2. The molecule has 11 heteroatoms. The largest absolute Gasteiger partial charge is 0.477 e. The molecule has 0 unspecified atom stereocenters. The first-order valence-electron chi connectivity index (χ1n) is 13.7. The minimum Gasteiger partial charge on any atom is -0.477 e. The number of carbonyl (C=O) groups is 2. The summed E-state index contributed by atoms with van der Waals surface area (Å²) in [5, 5.41) is 20.4. The van der Waals surface area contributed by atoms with E-state index in [4.69, 9.17) is 5.11 Å². The maximum Gasteiger partial charge on any atom is 0.416 e. The van der Waals surface area contributed by atoms with Crippen molar-refractivity contribution in [1.29, 1.82) is 0 Å². The summed E-state index contributed by atoms with van der Waals surface area (Å²) in [4.78, 5) is 23.6. The number of aromatic nitrogens is 4. The Hall–Kier alpha value is -5.19. The molecule has 0 aliphatic carbocycles. The van der Waals surface area contributed by atoms with E-state index in [1.54, 1.807) is 11.6 Å². The van der Waals surface area contributed by atoms with Crippen molar-refractivity contribution < 1.29 is 27.9 Å². The van der Waals surface area contributed by atoms with E-state index in [0.717, 1.165) is 34.6 Å². The maximum atomic E-state index is 12.6. The zero-order chi connectivity index (χ0) is 32.0. The average Bonchev–Trinajstić information content (AvgIpc) is 3.52. The van der Waals surface area contributed by atoms with Gasteiger partial charge >= 0.3 is 12.1 Å². The minimum atomic E-state index is -4.42. The van der Waals surface area contributed by atoms with Gasteiger partial charge in [-0.05, 0) is 75.2 Å². The van der Waals surface area contributed by atoms with Crippen molar-refractivity contribution in [3.8, 4) is 0 Å². The Labute approximate surface area is 252 Å². The Morgan fingerprint density at radius 1 is 0.727 bits per heavy atom. The lowest BCUT2D eigenvalue weighted by Gasteiger charge is -2.09. The van der Waals surface area contributed by atoms with Crippen molar-refractivity contribution >= 4 is 17.6 Å². The number of rotatable bonds is 7. The molecule has 0 bridgehead atoms. The van der Waals surface area contributed by atoms with E-state index in [9.17, 15) is 22.8 Å². The SMILES string of the molecule is Cc1cc(C(=O)O)n(Cc2cccc(C(F)(F)F)c2)n1.Cc1ccc(Cn2nc(C)cc2C(=O)Nc2ccc(C)cc2)cc1. The number of carboxylic acid groups (broad SMARTS) is 1. The molecule has 1 amide bonds. The van der Waals surface area contributed by atoms with Gasteiger partial charge in [0, 0.05) is 5.69 Å². The van der Waals surface area contributed by atoms with Gasteiger partial charge in [0.2, 0.25) is 0 Å². The summed E-state index contributed by atoms with van der Waals surface area (Å²) in [5.41, 5.74) is 5.68. The molecular formula is C33H32F3N5O3. The third kappa shape index (κ3) is 8.43. The van der Waals surface area contributed by atoms with Crippen LogP contribution in [0.15, 0.2) is 84.9 Å². The van der Waals surface area contributed by atoms with Crippen LogP contribution in [0.4, 0.5) is 18.9 Å². The summed E-state index contributed by atoms with van der Waals surface area (Å²) in [6, 6.07) is 24.0. The molecule has 3 aromatic carbocycles. The van der Waals surface area contributed by atoms with Crippen LogP contribution in [-0.4, -0.2) is 36.5 Å². The second-order valence-corrected chi connectivity index (χ2v) is 10.5. The van der Waals surface area contributed by atoms with Crippen LogP contribution in [-0.2, 0) is 19.3 Å². The van der Waals surface area contributed by atoms with Gasteiger partial charge in [0.15, 0.2) is 0 Å². The lowest BCUT2D eigenvalue weighted by molar-refractivity contribution is -0.137. The fraction of sp³-hybridized carbons (Fsp3) is 0.212. The van der Waals surface area contributed by atoms with E-state index in [1.165, 1.54) is 28.4 Å². The Bertz CT molecular complexity index is 1750. The molecule has 228 valence electrons. The van der Waals surface area contributed by atoms with E-state index < -0.39 is 17.7 Å². The van der Waals surface area contributed by atoms with Crippen molar-refractivity contribution in [2.75, 3.05) is 5.32 Å². The highest BCUT2D eigenvalue weighted by molar-refractivity contribution is 6.03. The molecule has 0 aliphatic rings. The number of hydrogen-bond acceptors (Lipinski definition) is 4. The van der Waals surface area contributed by atoms with Crippen LogP contribution in [0.2, 0.25) is 0 Å². The molecule has 0 saturated heterocycles. The normalized spacial score (nSPS) is 11.1. The topological polar surface area (TPSA) is 102 Å². The van der Waals surface area contributed by atoms with Crippen molar-refractivity contribution in [1.82, 2.24) is 19.6 Å². The number of amides is 1. The lowest BCUT2D eigenvalue weighted by Crippen LogP contribution is -2.18. The fourth-order valence-electron chi connectivity index (χ4n) is 4.40. The Morgan fingerprint density at radius 3 is 1.82 bits per heavy atom. The molecule has 44 heavy (non-hydrogen) atoms. The highest BCUT2D eigenvalue weighted by Crippen LogP contribution is 2.29. The second kappa shape index (κ2) is 13.4. The Kier molecular flexibility index (Phi) is 9.67. The summed E-state index contributed by atoms with van der Waals surface area (Å²) in [6.45, 7) is 8.14. The summed E-state index contributed by atoms with van der Waals surface area (Å²) in [7, 11) is 0. The van der Waals surface area contributed by atoms with Gasteiger partial charge in [0.05, 0.1) is 30.0 Å². The molecule has 2 N–H and O–H groups in total. The predicted molar refractivity (Wildman–Crippen MR) is 161 cm³/mol. The Balaban J connectivity index is 0.000000204. The molecule has 0 atom stereocenters. The number of halogens is 3. The Morgan fingerprint density at radius 2 is 1.25 bits per heavy atom. The molecule has 5 rings (SSSR count). The molecule has 0 saturated carbocycles. The number of anilines is 1. The number of carboxylic acids is 1. The van der Waals surface area contributed by atoms with Crippen LogP contribution in [0.3, 0.4) is 0 Å². The zero-order valence-electron chi connectivity index (χ0n) is 24.7. The molecule has 0 fully saturated rings. The average molecular weight is 604 g/mol. The first kappa shape index (κ1) is 31.7. The summed E-state index contributed by atoms with van der Waals surface area (Å²) >= 11 is 0. The highest BCUT2D eigenvalue weighted by Gasteiger charge is 2.30. The first-order chi connectivity index (χ1) is 20.8. The summed E-state index contributed by atoms with van der Waals surface area (Å²) in [6.07, 6.45) is -4.42. The molecule has 8 nitrogen and oxygen atoms in total. The summed E-state index contributed by atoms with van der Waals surface area (Å²) < 4.78 is 40.7. The molecule has 2 heterocycles. The van der Waals surface area contributed by atoms with Crippen LogP contribution >= 0.6 is 0 Å². The molecule has 0 spiro atoms. The number of aromatic carboxylic acids is 1. The van der Waals surface area contributed by atoms with Crippen LogP contribution in [0.1, 0.15) is 60.2 Å². The smallest absolute Gasteiger partial charge is 0.416 e. The van der Waals surface area contributed by atoms with Crippen molar-refractivity contribution in [3.63, 3.8) is 0 Å². The molecular weight excluding hydrogens is 571 g/mol. The number of benzene rings is 3. The lowest BCUT2D eigenvalue weighted by atomic mass is 10.1. The number of nitrogens with one attached hydrogen (secondary N) is 1. The van der Waals surface area contributed by atoms with Crippen LogP contribution in [0, 0.1) is 27.7 Å².